The Kier molecular flexibility index (Phi) is 10.4. The number of allylic oxidation sites excluding steroid dienone is 1. The molecule has 0 bridgehead atoms. The van der Waals surface area contributed by atoms with Gasteiger partial charge in [-0.3, -0.25) is 9.36 Å². The quantitative estimate of drug-likeness (QED) is 0.136. The monoisotopic (exact) mass is 822 g/mol. The van der Waals surface area contributed by atoms with E-state index in [1.165, 1.54) is 44.4 Å². The Bertz CT molecular complexity index is 2050. The lowest BCUT2D eigenvalue weighted by Gasteiger charge is -2.26. The lowest BCUT2D eigenvalue weighted by atomic mass is 9.95. The van der Waals surface area contributed by atoms with E-state index in [2.05, 4.69) is 27.6 Å². The van der Waals surface area contributed by atoms with Crippen LogP contribution in [0.5, 0.6) is 11.5 Å². The molecule has 1 aliphatic rings. The van der Waals surface area contributed by atoms with E-state index in [-0.39, 0.29) is 28.1 Å². The summed E-state index contributed by atoms with van der Waals surface area (Å²) in [4.78, 5) is 30.4. The molecule has 3 aromatic carbocycles. The highest BCUT2D eigenvalue weighted by Crippen LogP contribution is 2.39. The third kappa shape index (κ3) is 7.10. The van der Waals surface area contributed by atoms with Crippen molar-refractivity contribution in [3.63, 3.8) is 0 Å². The average Bonchev–Trinajstić information content (AvgIpc) is 3.31. The smallest absolute Gasteiger partial charge is 0.434 e. The number of alkyl halides is 3. The Hall–Kier alpha value is -3.04. The maximum absolute atomic E-state index is 14.4. The summed E-state index contributed by atoms with van der Waals surface area (Å²) in [5, 5.41) is 1.12. The molecule has 0 unspecified atom stereocenters. The Labute approximate surface area is 292 Å². The Morgan fingerprint density at radius 1 is 1.09 bits per heavy atom. The van der Waals surface area contributed by atoms with Crippen LogP contribution in [0.25, 0.3) is 6.08 Å². The summed E-state index contributed by atoms with van der Waals surface area (Å²) in [6, 6.07) is 12.8. The van der Waals surface area contributed by atoms with E-state index >= 15 is 0 Å². The van der Waals surface area contributed by atoms with Gasteiger partial charge in [-0.15, -0.1) is 0 Å². The van der Waals surface area contributed by atoms with Crippen molar-refractivity contribution < 1.29 is 32.2 Å². The maximum atomic E-state index is 14.4. The van der Waals surface area contributed by atoms with Gasteiger partial charge in [0.2, 0.25) is 0 Å². The highest BCUT2D eigenvalue weighted by Gasteiger charge is 2.45. The van der Waals surface area contributed by atoms with E-state index in [1.807, 2.05) is 0 Å². The van der Waals surface area contributed by atoms with Crippen molar-refractivity contribution in [1.29, 1.82) is 0 Å². The predicted molar refractivity (Wildman–Crippen MR) is 179 cm³/mol. The second-order valence-corrected chi connectivity index (χ2v) is 13.1. The largest absolute Gasteiger partial charge is 0.493 e. The van der Waals surface area contributed by atoms with Crippen molar-refractivity contribution in [3.05, 3.63) is 121 Å². The molecule has 15 heteroatoms. The standard InChI is InChI=1S/C31H21Cl3F3IN2O5S/c1-3-44-29(42)24-25(17-5-7-18(32)8-6-17)40-28(41)23(46-30(40)39-27(24)31(35,36)37)13-16-11-21(38)26(22(12-16)43-2)45-14-15-4-9-19(33)20(34)10-15/h4-13,25H,3,14H2,1-2H3/b23-13-/t25-/m0/s1. The van der Waals surface area contributed by atoms with Crippen LogP contribution in [0, 0.1) is 3.57 Å². The molecular weight excluding hydrogens is 803 g/mol. The van der Waals surface area contributed by atoms with Crippen LogP contribution in [0.2, 0.25) is 15.1 Å². The molecule has 240 valence electrons. The van der Waals surface area contributed by atoms with Gasteiger partial charge in [0.15, 0.2) is 22.0 Å². The van der Waals surface area contributed by atoms with Crippen LogP contribution in [0.15, 0.2) is 75.7 Å². The molecule has 0 N–H and O–H groups in total. The second kappa shape index (κ2) is 14.0. The number of halogens is 7. The molecule has 46 heavy (non-hydrogen) atoms. The molecule has 4 aromatic rings. The van der Waals surface area contributed by atoms with Crippen molar-refractivity contribution in [2.45, 2.75) is 25.7 Å². The number of aromatic nitrogens is 1. The molecule has 0 saturated carbocycles. The zero-order chi connectivity index (χ0) is 33.3. The van der Waals surface area contributed by atoms with E-state index in [0.29, 0.717) is 35.7 Å². The molecule has 1 aromatic heterocycles. The number of hydrogen-bond acceptors (Lipinski definition) is 7. The topological polar surface area (TPSA) is 79.1 Å². The minimum atomic E-state index is -5.02. The van der Waals surface area contributed by atoms with Gasteiger partial charge in [-0.2, -0.15) is 13.2 Å². The van der Waals surface area contributed by atoms with Gasteiger partial charge in [0, 0.05) is 5.02 Å². The summed E-state index contributed by atoms with van der Waals surface area (Å²) in [6.07, 6.45) is -3.50. The van der Waals surface area contributed by atoms with Crippen LogP contribution in [0.1, 0.15) is 29.7 Å². The molecular formula is C31H21Cl3F3IN2O5S. The Morgan fingerprint density at radius 2 is 1.80 bits per heavy atom. The van der Waals surface area contributed by atoms with Crippen LogP contribution in [-0.2, 0) is 16.1 Å². The van der Waals surface area contributed by atoms with Crippen LogP contribution >= 0.6 is 68.7 Å². The first-order valence-electron chi connectivity index (χ1n) is 13.3. The minimum Gasteiger partial charge on any atom is -0.493 e. The van der Waals surface area contributed by atoms with Crippen LogP contribution in [-0.4, -0.2) is 30.4 Å². The number of hydrogen-bond donors (Lipinski definition) is 0. The normalized spacial score (nSPS) is 15.0. The minimum absolute atomic E-state index is 0.0756. The van der Waals surface area contributed by atoms with Crippen LogP contribution in [0.3, 0.4) is 0 Å². The highest BCUT2D eigenvalue weighted by atomic mass is 127. The Morgan fingerprint density at radius 3 is 2.43 bits per heavy atom. The highest BCUT2D eigenvalue weighted by molar-refractivity contribution is 14.1. The van der Waals surface area contributed by atoms with Crippen molar-refractivity contribution in [2.75, 3.05) is 13.7 Å². The van der Waals surface area contributed by atoms with Gasteiger partial charge in [0.25, 0.3) is 5.56 Å². The number of nitrogens with zero attached hydrogens (tertiary/aromatic N) is 2. The summed E-state index contributed by atoms with van der Waals surface area (Å²) in [5.74, 6) is -0.443. The first kappa shape index (κ1) is 34.3. The van der Waals surface area contributed by atoms with E-state index in [9.17, 15) is 22.8 Å². The van der Waals surface area contributed by atoms with E-state index in [0.717, 1.165) is 21.5 Å². The fourth-order valence-electron chi connectivity index (χ4n) is 4.70. The van der Waals surface area contributed by atoms with Gasteiger partial charge in [0.05, 0.1) is 43.5 Å². The number of methoxy groups -OCH3 is 1. The number of esters is 1. The van der Waals surface area contributed by atoms with Gasteiger partial charge in [-0.05, 0) is 88.7 Å². The lowest BCUT2D eigenvalue weighted by molar-refractivity contribution is -0.140. The predicted octanol–water partition coefficient (Wildman–Crippen LogP) is 7.49. The molecule has 1 aliphatic heterocycles. The van der Waals surface area contributed by atoms with Crippen molar-refractivity contribution >= 4 is 80.8 Å². The second-order valence-electron chi connectivity index (χ2n) is 9.69. The zero-order valence-electron chi connectivity index (χ0n) is 23.8. The summed E-state index contributed by atoms with van der Waals surface area (Å²) < 4.78 is 61.4. The summed E-state index contributed by atoms with van der Waals surface area (Å²) in [6.45, 7) is 1.45. The molecule has 0 saturated heterocycles. The van der Waals surface area contributed by atoms with Crippen molar-refractivity contribution in [2.24, 2.45) is 4.99 Å². The molecule has 7 nitrogen and oxygen atoms in total. The SMILES string of the molecule is CCOC(=O)C1=C(C(F)(F)F)N=c2s/c(=C\c3cc(I)c(OCc4ccc(Cl)c(Cl)c4)c(OC)c3)c(=O)n2[C@H]1c1ccc(Cl)cc1. The first-order chi connectivity index (χ1) is 21.8. The molecule has 1 atom stereocenters. The van der Waals surface area contributed by atoms with Crippen LogP contribution < -0.4 is 24.4 Å². The number of fused-ring (bicyclic) bond motifs is 1. The maximum Gasteiger partial charge on any atom is 0.434 e. The average molecular weight is 824 g/mol. The number of benzene rings is 3. The molecule has 0 radical (unpaired) electrons. The fourth-order valence-corrected chi connectivity index (χ4v) is 6.93. The number of ether oxygens (including phenoxy) is 3. The molecule has 0 fully saturated rings. The van der Waals surface area contributed by atoms with E-state index < -0.39 is 35.0 Å². The summed E-state index contributed by atoms with van der Waals surface area (Å²) >= 11 is 21.0. The molecule has 2 heterocycles. The van der Waals surface area contributed by atoms with Gasteiger partial charge in [-0.1, -0.05) is 64.3 Å². The third-order valence-electron chi connectivity index (χ3n) is 6.70. The molecule has 0 aliphatic carbocycles. The number of thiazole rings is 1. The zero-order valence-corrected chi connectivity index (χ0v) is 29.0. The van der Waals surface area contributed by atoms with Gasteiger partial charge >= 0.3 is 12.1 Å². The summed E-state index contributed by atoms with van der Waals surface area (Å²) in [7, 11) is 1.46. The van der Waals surface area contributed by atoms with E-state index in [4.69, 9.17) is 49.0 Å². The number of carbonyl (C=O) groups excluding carboxylic acids is 1. The lowest BCUT2D eigenvalue weighted by Crippen LogP contribution is -2.41. The molecule has 0 amide bonds. The number of rotatable bonds is 8. The van der Waals surface area contributed by atoms with Crippen molar-refractivity contribution in [3.8, 4) is 11.5 Å². The number of carbonyl (C=O) groups is 1. The molecule has 5 rings (SSSR count). The van der Waals surface area contributed by atoms with Gasteiger partial charge in [-0.25, -0.2) is 9.79 Å². The molecule has 0 spiro atoms. The van der Waals surface area contributed by atoms with E-state index in [1.54, 1.807) is 30.3 Å². The van der Waals surface area contributed by atoms with Crippen LogP contribution in [0.4, 0.5) is 13.2 Å². The fraction of sp³-hybridized carbons (Fsp3) is 0.194. The third-order valence-corrected chi connectivity index (χ3v) is 9.47. The van der Waals surface area contributed by atoms with Crippen molar-refractivity contribution in [1.82, 2.24) is 4.57 Å². The Balaban J connectivity index is 1.62. The first-order valence-corrected chi connectivity index (χ1v) is 16.3. The summed E-state index contributed by atoms with van der Waals surface area (Å²) in [5.41, 5.74) is -1.38. The van der Waals surface area contributed by atoms with Gasteiger partial charge < -0.3 is 14.2 Å². The van der Waals surface area contributed by atoms with Gasteiger partial charge in [0.1, 0.15) is 6.61 Å².